The van der Waals surface area contributed by atoms with Crippen molar-refractivity contribution in [3.8, 4) is 0 Å². The fourth-order valence-corrected chi connectivity index (χ4v) is 5.97. The number of carbonyl (C=O) groups is 4. The van der Waals surface area contributed by atoms with Gasteiger partial charge in [-0.2, -0.15) is 0 Å². The van der Waals surface area contributed by atoms with Crippen LogP contribution in [0, 0.1) is 11.3 Å². The molecule has 2 atom stereocenters. The van der Waals surface area contributed by atoms with Gasteiger partial charge >= 0.3 is 0 Å². The van der Waals surface area contributed by atoms with Crippen LogP contribution >= 0.6 is 0 Å². The van der Waals surface area contributed by atoms with Crippen molar-refractivity contribution in [2.75, 3.05) is 19.6 Å². The van der Waals surface area contributed by atoms with Gasteiger partial charge in [0, 0.05) is 31.0 Å². The third kappa shape index (κ3) is 3.36. The molecule has 3 fully saturated rings. The maximum absolute atomic E-state index is 13.0. The van der Waals surface area contributed by atoms with Crippen LogP contribution < -0.4 is 10.6 Å². The molecule has 0 aliphatic carbocycles. The number of fused-ring (bicyclic) bond motifs is 1. The van der Waals surface area contributed by atoms with E-state index in [2.05, 4.69) is 29.4 Å². The van der Waals surface area contributed by atoms with Gasteiger partial charge in [-0.25, -0.2) is 0 Å². The molecule has 2 N–H and O–H groups in total. The Morgan fingerprint density at radius 3 is 2.41 bits per heavy atom. The number of carbonyl (C=O) groups excluding carboxylic acids is 4. The second kappa shape index (κ2) is 7.78. The molecule has 2 unspecified atom stereocenters. The largest absolute Gasteiger partial charge is 0.313 e. The molecule has 32 heavy (non-hydrogen) atoms. The van der Waals surface area contributed by atoms with Crippen LogP contribution in [-0.4, -0.2) is 65.1 Å². The van der Waals surface area contributed by atoms with E-state index in [1.54, 1.807) is 12.1 Å². The molecule has 170 valence electrons. The first-order chi connectivity index (χ1) is 15.3. The van der Waals surface area contributed by atoms with Crippen molar-refractivity contribution in [2.45, 2.75) is 58.2 Å². The Morgan fingerprint density at radius 2 is 1.78 bits per heavy atom. The summed E-state index contributed by atoms with van der Waals surface area (Å²) in [6, 6.07) is 5.09. The summed E-state index contributed by atoms with van der Waals surface area (Å²) >= 11 is 0. The molecule has 3 saturated heterocycles. The van der Waals surface area contributed by atoms with Gasteiger partial charge in [-0.05, 0) is 56.0 Å². The van der Waals surface area contributed by atoms with E-state index in [9.17, 15) is 19.2 Å². The first-order valence-corrected chi connectivity index (χ1v) is 11.6. The topological polar surface area (TPSA) is 98.8 Å². The second-order valence-electron chi connectivity index (χ2n) is 10.1. The van der Waals surface area contributed by atoms with Gasteiger partial charge < -0.3 is 5.32 Å². The second-order valence-corrected chi connectivity index (χ2v) is 10.1. The predicted octanol–water partition coefficient (Wildman–Crippen LogP) is 1.30. The van der Waals surface area contributed by atoms with Crippen LogP contribution in [0.15, 0.2) is 18.2 Å². The number of nitrogens with one attached hydrogen (secondary N) is 2. The standard InChI is InChI=1S/C24H30N4O4/c1-14(2)20-24(13-25-20)7-9-27(10-8-24)12-15-3-4-16-17(11-15)23(32)28(22(16)31)18-5-6-19(29)26-21(18)30/h3-4,11,14,18,20,25H,5-10,12-13H2,1-2H3,(H,26,29,30). The zero-order valence-electron chi connectivity index (χ0n) is 18.6. The highest BCUT2D eigenvalue weighted by molar-refractivity contribution is 6.23. The van der Waals surface area contributed by atoms with Gasteiger partial charge in [0.15, 0.2) is 0 Å². The molecular weight excluding hydrogens is 408 g/mol. The van der Waals surface area contributed by atoms with Gasteiger partial charge in [0.2, 0.25) is 11.8 Å². The van der Waals surface area contributed by atoms with E-state index in [0.717, 1.165) is 36.6 Å². The lowest BCUT2D eigenvalue weighted by Gasteiger charge is -2.56. The van der Waals surface area contributed by atoms with Crippen molar-refractivity contribution in [2.24, 2.45) is 11.3 Å². The molecule has 1 spiro atoms. The zero-order valence-corrected chi connectivity index (χ0v) is 18.6. The fourth-order valence-electron chi connectivity index (χ4n) is 5.97. The minimum atomic E-state index is -0.924. The van der Waals surface area contributed by atoms with Crippen LogP contribution in [0.2, 0.25) is 0 Å². The van der Waals surface area contributed by atoms with Crippen molar-refractivity contribution in [1.29, 1.82) is 0 Å². The van der Waals surface area contributed by atoms with Gasteiger partial charge in [-0.15, -0.1) is 0 Å². The van der Waals surface area contributed by atoms with Gasteiger partial charge in [0.1, 0.15) is 6.04 Å². The quantitative estimate of drug-likeness (QED) is 0.688. The average Bonchev–Trinajstić information content (AvgIpc) is 2.98. The van der Waals surface area contributed by atoms with Gasteiger partial charge in [-0.1, -0.05) is 19.9 Å². The van der Waals surface area contributed by atoms with Crippen LogP contribution in [0.5, 0.6) is 0 Å². The van der Waals surface area contributed by atoms with Crippen molar-refractivity contribution >= 4 is 23.6 Å². The summed E-state index contributed by atoms with van der Waals surface area (Å²) in [5.41, 5.74) is 2.11. The third-order valence-electron chi connectivity index (χ3n) is 7.76. The van der Waals surface area contributed by atoms with Crippen LogP contribution in [0.25, 0.3) is 0 Å². The lowest BCUT2D eigenvalue weighted by atomic mass is 9.63. The van der Waals surface area contributed by atoms with Crippen LogP contribution in [0.4, 0.5) is 0 Å². The molecule has 1 aromatic rings. The zero-order chi connectivity index (χ0) is 22.6. The van der Waals surface area contributed by atoms with Crippen LogP contribution in [0.3, 0.4) is 0 Å². The molecule has 1 aromatic carbocycles. The highest BCUT2D eigenvalue weighted by atomic mass is 16.2. The molecule has 4 aliphatic heterocycles. The molecule has 0 bridgehead atoms. The monoisotopic (exact) mass is 438 g/mol. The summed E-state index contributed by atoms with van der Waals surface area (Å²) in [4.78, 5) is 53.0. The van der Waals surface area contributed by atoms with E-state index in [-0.39, 0.29) is 18.7 Å². The normalized spacial score (nSPS) is 27.7. The number of rotatable bonds is 4. The Balaban J connectivity index is 1.27. The van der Waals surface area contributed by atoms with Crippen molar-refractivity contribution in [1.82, 2.24) is 20.4 Å². The molecule has 4 heterocycles. The van der Waals surface area contributed by atoms with Crippen molar-refractivity contribution < 1.29 is 19.2 Å². The summed E-state index contributed by atoms with van der Waals surface area (Å²) < 4.78 is 0. The van der Waals surface area contributed by atoms with E-state index in [1.165, 1.54) is 12.8 Å². The number of nitrogens with zero attached hydrogens (tertiary/aromatic N) is 2. The molecule has 8 nitrogen and oxygen atoms in total. The highest BCUT2D eigenvalue weighted by Gasteiger charge is 2.49. The van der Waals surface area contributed by atoms with Crippen molar-refractivity contribution in [3.05, 3.63) is 34.9 Å². The van der Waals surface area contributed by atoms with Gasteiger partial charge in [0.05, 0.1) is 11.1 Å². The Morgan fingerprint density at radius 1 is 1.06 bits per heavy atom. The SMILES string of the molecule is CC(C)C1NCC12CCN(Cc1ccc3c(c1)C(=O)N(C1CCC(=O)NC1=O)C3=O)CC2. The number of piperidine rings is 2. The molecule has 8 heteroatoms. The van der Waals surface area contributed by atoms with E-state index in [0.29, 0.717) is 28.5 Å². The summed E-state index contributed by atoms with van der Waals surface area (Å²) in [5, 5.41) is 5.83. The molecular formula is C24H30N4O4. The summed E-state index contributed by atoms with van der Waals surface area (Å²) in [6.07, 6.45) is 2.65. The Hall–Kier alpha value is -2.58. The van der Waals surface area contributed by atoms with E-state index >= 15 is 0 Å². The predicted molar refractivity (Wildman–Crippen MR) is 117 cm³/mol. The van der Waals surface area contributed by atoms with E-state index in [1.807, 2.05) is 6.07 Å². The maximum atomic E-state index is 13.0. The number of likely N-dealkylation sites (tertiary alicyclic amines) is 1. The van der Waals surface area contributed by atoms with Crippen LogP contribution in [-0.2, 0) is 16.1 Å². The lowest BCUT2D eigenvalue weighted by molar-refractivity contribution is -0.136. The van der Waals surface area contributed by atoms with E-state index in [4.69, 9.17) is 0 Å². The summed E-state index contributed by atoms with van der Waals surface area (Å²) in [7, 11) is 0. The number of imide groups is 2. The molecule has 0 aromatic heterocycles. The summed E-state index contributed by atoms with van der Waals surface area (Å²) in [5.74, 6) is -1.21. The first kappa shape index (κ1) is 21.3. The van der Waals surface area contributed by atoms with E-state index < -0.39 is 23.8 Å². The Labute approximate surface area is 187 Å². The summed E-state index contributed by atoms with van der Waals surface area (Å²) in [6.45, 7) is 8.46. The van der Waals surface area contributed by atoms with Crippen molar-refractivity contribution in [3.63, 3.8) is 0 Å². The molecule has 0 radical (unpaired) electrons. The first-order valence-electron chi connectivity index (χ1n) is 11.6. The number of amides is 4. The van der Waals surface area contributed by atoms with Gasteiger partial charge in [-0.3, -0.25) is 34.3 Å². The molecule has 4 aliphatic rings. The Kier molecular flexibility index (Phi) is 5.17. The maximum Gasteiger partial charge on any atom is 0.262 e. The molecule has 0 saturated carbocycles. The van der Waals surface area contributed by atoms with Crippen LogP contribution in [0.1, 0.15) is 65.8 Å². The number of hydrogen-bond acceptors (Lipinski definition) is 6. The minimum absolute atomic E-state index is 0.124. The smallest absolute Gasteiger partial charge is 0.262 e. The minimum Gasteiger partial charge on any atom is -0.313 e. The lowest BCUT2D eigenvalue weighted by Crippen LogP contribution is -2.67. The Bertz CT molecular complexity index is 996. The average molecular weight is 439 g/mol. The highest BCUT2D eigenvalue weighted by Crippen LogP contribution is 2.43. The molecule has 4 amide bonds. The molecule has 5 rings (SSSR count). The fraction of sp³-hybridized carbons (Fsp3) is 0.583. The van der Waals surface area contributed by atoms with Gasteiger partial charge in [0.25, 0.3) is 11.8 Å². The third-order valence-corrected chi connectivity index (χ3v) is 7.76. The number of benzene rings is 1. The number of hydrogen-bond donors (Lipinski definition) is 2.